The van der Waals surface area contributed by atoms with E-state index in [0.29, 0.717) is 30.1 Å². The topological polar surface area (TPSA) is 73.9 Å². The number of nitrogens with one attached hydrogen (secondary N) is 2. The smallest absolute Gasteiger partial charge is 0.253 e. The maximum absolute atomic E-state index is 13.2. The lowest BCUT2D eigenvalue weighted by molar-refractivity contribution is -0.115. The van der Waals surface area contributed by atoms with E-state index in [2.05, 4.69) is 27.4 Å². The molecule has 2 aliphatic rings. The third kappa shape index (κ3) is 7.04. The lowest BCUT2D eigenvalue weighted by atomic mass is 9.97. The maximum Gasteiger partial charge on any atom is 0.253 e. The van der Waals surface area contributed by atoms with Crippen molar-refractivity contribution in [2.24, 2.45) is 5.92 Å². The van der Waals surface area contributed by atoms with Gasteiger partial charge in [0.1, 0.15) is 0 Å². The fraction of sp³-hybridized carbons (Fsp3) is 0.538. The quantitative estimate of drug-likeness (QED) is 0.532. The second kappa shape index (κ2) is 12.3. The number of anilines is 2. The molecule has 8 heteroatoms. The van der Waals surface area contributed by atoms with Crippen LogP contribution in [0.15, 0.2) is 35.7 Å². The van der Waals surface area contributed by atoms with Crippen LogP contribution in [-0.2, 0) is 16.0 Å². The van der Waals surface area contributed by atoms with Gasteiger partial charge in [0.25, 0.3) is 5.91 Å². The maximum atomic E-state index is 13.2. The Labute approximate surface area is 206 Å². The zero-order valence-corrected chi connectivity index (χ0v) is 20.9. The molecule has 0 saturated carbocycles. The summed E-state index contributed by atoms with van der Waals surface area (Å²) in [7, 11) is 0. The molecule has 2 fully saturated rings. The van der Waals surface area contributed by atoms with Gasteiger partial charge in [0, 0.05) is 49.0 Å². The van der Waals surface area contributed by atoms with Gasteiger partial charge < -0.3 is 20.3 Å². The molecule has 0 spiro atoms. The van der Waals surface area contributed by atoms with Gasteiger partial charge >= 0.3 is 0 Å². The van der Waals surface area contributed by atoms with Crippen LogP contribution in [0, 0.1) is 5.92 Å². The number of morpholine rings is 1. The molecular formula is C26H36N4O3S. The Hall–Kier alpha value is -2.42. The van der Waals surface area contributed by atoms with Crippen LogP contribution < -0.4 is 15.5 Å². The zero-order valence-electron chi connectivity index (χ0n) is 20.1. The predicted molar refractivity (Wildman–Crippen MR) is 138 cm³/mol. The molecule has 1 aromatic heterocycles. The Morgan fingerprint density at radius 2 is 1.91 bits per heavy atom. The normalized spacial score (nSPS) is 17.5. The van der Waals surface area contributed by atoms with Crippen molar-refractivity contribution in [2.45, 2.75) is 32.6 Å². The van der Waals surface area contributed by atoms with Crippen molar-refractivity contribution in [2.75, 3.05) is 62.7 Å². The largest absolute Gasteiger partial charge is 0.379 e. The molecule has 0 radical (unpaired) electrons. The van der Waals surface area contributed by atoms with Gasteiger partial charge in [-0.3, -0.25) is 14.5 Å². The lowest BCUT2D eigenvalue weighted by Crippen LogP contribution is -2.38. The Morgan fingerprint density at radius 1 is 1.12 bits per heavy atom. The van der Waals surface area contributed by atoms with Gasteiger partial charge in [-0.05, 0) is 61.4 Å². The van der Waals surface area contributed by atoms with Crippen LogP contribution in [0.25, 0.3) is 0 Å². The van der Waals surface area contributed by atoms with Gasteiger partial charge in [0.15, 0.2) is 0 Å². The molecule has 3 heterocycles. The Morgan fingerprint density at radius 3 is 2.65 bits per heavy atom. The standard InChI is InChI=1S/C26H36N4O3S/c1-20-7-11-30(12-8-20)24-6-5-21(28-25(31)19-22-4-2-17-34-22)18-23(24)26(32)27-9-3-10-29-13-15-33-16-14-29/h2,4-6,17-18,20H,3,7-16,19H2,1H3,(H,27,32)(H,28,31). The second-order valence-corrected chi connectivity index (χ2v) is 10.3. The summed E-state index contributed by atoms with van der Waals surface area (Å²) in [4.78, 5) is 31.5. The average molecular weight is 485 g/mol. The minimum Gasteiger partial charge on any atom is -0.379 e. The summed E-state index contributed by atoms with van der Waals surface area (Å²) in [5.74, 6) is 0.563. The highest BCUT2D eigenvalue weighted by atomic mass is 32.1. The van der Waals surface area contributed by atoms with Gasteiger partial charge in [0.2, 0.25) is 5.91 Å². The molecule has 184 valence electrons. The van der Waals surface area contributed by atoms with Crippen molar-refractivity contribution in [3.63, 3.8) is 0 Å². The van der Waals surface area contributed by atoms with E-state index in [-0.39, 0.29) is 11.8 Å². The first-order valence-corrected chi connectivity index (χ1v) is 13.3. The van der Waals surface area contributed by atoms with E-state index in [1.807, 2.05) is 35.7 Å². The van der Waals surface area contributed by atoms with E-state index in [0.717, 1.165) is 75.8 Å². The number of nitrogens with zero attached hydrogens (tertiary/aromatic N) is 2. The SMILES string of the molecule is CC1CCN(c2ccc(NC(=O)Cc3cccs3)cc2C(=O)NCCCN2CCOCC2)CC1. The van der Waals surface area contributed by atoms with Crippen LogP contribution in [0.5, 0.6) is 0 Å². The van der Waals surface area contributed by atoms with Gasteiger partial charge in [-0.15, -0.1) is 11.3 Å². The van der Waals surface area contributed by atoms with Gasteiger partial charge in [-0.1, -0.05) is 13.0 Å². The molecule has 0 unspecified atom stereocenters. The fourth-order valence-corrected chi connectivity index (χ4v) is 5.23. The lowest BCUT2D eigenvalue weighted by Gasteiger charge is -2.33. The summed E-state index contributed by atoms with van der Waals surface area (Å²) in [5, 5.41) is 8.05. The highest BCUT2D eigenvalue weighted by Crippen LogP contribution is 2.29. The molecular weight excluding hydrogens is 448 g/mol. The van der Waals surface area contributed by atoms with Crippen LogP contribution in [0.2, 0.25) is 0 Å². The third-order valence-electron chi connectivity index (χ3n) is 6.60. The van der Waals surface area contributed by atoms with Crippen molar-refractivity contribution in [3.8, 4) is 0 Å². The van der Waals surface area contributed by atoms with E-state index < -0.39 is 0 Å². The third-order valence-corrected chi connectivity index (χ3v) is 7.48. The first kappa shape index (κ1) is 24.7. The summed E-state index contributed by atoms with van der Waals surface area (Å²) in [6.07, 6.45) is 3.49. The van der Waals surface area contributed by atoms with Crippen LogP contribution in [-0.4, -0.2) is 69.2 Å². The zero-order chi connectivity index (χ0) is 23.8. The number of piperidine rings is 1. The average Bonchev–Trinajstić information content (AvgIpc) is 3.36. The minimum absolute atomic E-state index is 0.0705. The van der Waals surface area contributed by atoms with E-state index in [4.69, 9.17) is 4.74 Å². The van der Waals surface area contributed by atoms with E-state index in [1.165, 1.54) is 0 Å². The molecule has 2 N–H and O–H groups in total. The molecule has 4 rings (SSSR count). The van der Waals surface area contributed by atoms with E-state index in [1.54, 1.807) is 11.3 Å². The minimum atomic E-state index is -0.0787. The molecule has 34 heavy (non-hydrogen) atoms. The van der Waals surface area contributed by atoms with E-state index in [9.17, 15) is 9.59 Å². The molecule has 7 nitrogen and oxygen atoms in total. The first-order chi connectivity index (χ1) is 16.6. The van der Waals surface area contributed by atoms with Gasteiger partial charge in [-0.2, -0.15) is 0 Å². The number of hydrogen-bond acceptors (Lipinski definition) is 6. The van der Waals surface area contributed by atoms with Crippen LogP contribution >= 0.6 is 11.3 Å². The number of amides is 2. The molecule has 0 bridgehead atoms. The van der Waals surface area contributed by atoms with Crippen LogP contribution in [0.3, 0.4) is 0 Å². The van der Waals surface area contributed by atoms with Crippen LogP contribution in [0.1, 0.15) is 41.4 Å². The predicted octanol–water partition coefficient (Wildman–Crippen LogP) is 3.62. The molecule has 2 aromatic rings. The van der Waals surface area contributed by atoms with E-state index >= 15 is 0 Å². The molecule has 2 saturated heterocycles. The summed E-state index contributed by atoms with van der Waals surface area (Å²) < 4.78 is 5.40. The van der Waals surface area contributed by atoms with Crippen molar-refractivity contribution in [1.82, 2.24) is 10.2 Å². The van der Waals surface area contributed by atoms with Crippen LogP contribution in [0.4, 0.5) is 11.4 Å². The molecule has 2 aliphatic heterocycles. The Balaban J connectivity index is 1.40. The Bertz CT molecular complexity index is 936. The molecule has 0 atom stereocenters. The number of carbonyl (C=O) groups is 2. The fourth-order valence-electron chi connectivity index (χ4n) is 4.52. The summed E-state index contributed by atoms with van der Waals surface area (Å²) in [5.41, 5.74) is 2.25. The number of hydrogen-bond donors (Lipinski definition) is 2. The first-order valence-electron chi connectivity index (χ1n) is 12.4. The highest BCUT2D eigenvalue weighted by molar-refractivity contribution is 7.10. The number of rotatable bonds is 9. The molecule has 2 amide bonds. The van der Waals surface area contributed by atoms with Crippen molar-refractivity contribution in [3.05, 3.63) is 46.2 Å². The van der Waals surface area contributed by atoms with Crippen molar-refractivity contribution < 1.29 is 14.3 Å². The summed E-state index contributed by atoms with van der Waals surface area (Å²) >= 11 is 1.57. The summed E-state index contributed by atoms with van der Waals surface area (Å²) in [6.45, 7) is 9.25. The van der Waals surface area contributed by atoms with Gasteiger partial charge in [0.05, 0.1) is 25.2 Å². The number of ether oxygens (including phenoxy) is 1. The second-order valence-electron chi connectivity index (χ2n) is 9.27. The molecule has 1 aromatic carbocycles. The monoisotopic (exact) mass is 484 g/mol. The Kier molecular flexibility index (Phi) is 8.96. The molecule has 0 aliphatic carbocycles. The number of thiophene rings is 1. The summed E-state index contributed by atoms with van der Waals surface area (Å²) in [6, 6.07) is 9.63. The van der Waals surface area contributed by atoms with Crippen molar-refractivity contribution in [1.29, 1.82) is 0 Å². The highest BCUT2D eigenvalue weighted by Gasteiger charge is 2.22. The van der Waals surface area contributed by atoms with Crippen molar-refractivity contribution >= 4 is 34.5 Å². The van der Waals surface area contributed by atoms with Gasteiger partial charge in [-0.25, -0.2) is 0 Å². The number of benzene rings is 1. The number of carbonyl (C=O) groups excluding carboxylic acids is 2.